The van der Waals surface area contributed by atoms with Crippen molar-refractivity contribution in [2.75, 3.05) is 23.4 Å². The minimum absolute atomic E-state index is 0.0902. The van der Waals surface area contributed by atoms with Crippen molar-refractivity contribution in [1.29, 1.82) is 0 Å². The van der Waals surface area contributed by atoms with E-state index >= 15 is 0 Å². The van der Waals surface area contributed by atoms with Gasteiger partial charge in [0.2, 0.25) is 11.8 Å². The molecule has 2 aliphatic rings. The number of carbonyl (C=O) groups is 2. The van der Waals surface area contributed by atoms with Gasteiger partial charge < -0.3 is 25.7 Å². The molecular formula is C39H37FN2O6. The van der Waals surface area contributed by atoms with Crippen LogP contribution in [0.25, 0.3) is 11.6 Å². The molecule has 48 heavy (non-hydrogen) atoms. The van der Waals surface area contributed by atoms with Gasteiger partial charge in [0.15, 0.2) is 11.6 Å². The molecule has 0 bridgehead atoms. The van der Waals surface area contributed by atoms with Gasteiger partial charge in [-0.15, -0.1) is 0 Å². The highest BCUT2D eigenvalue weighted by Gasteiger charge is 2.55. The number of phenolic OH excluding ortho intramolecular Hbond substituents is 1. The van der Waals surface area contributed by atoms with E-state index in [2.05, 4.69) is 5.32 Å². The molecule has 1 heterocycles. The van der Waals surface area contributed by atoms with Crippen molar-refractivity contribution in [1.82, 2.24) is 0 Å². The van der Waals surface area contributed by atoms with Crippen LogP contribution in [0.15, 0.2) is 114 Å². The summed E-state index contributed by atoms with van der Waals surface area (Å²) in [5, 5.41) is 45.5. The van der Waals surface area contributed by atoms with Gasteiger partial charge in [-0.05, 0) is 95.6 Å². The van der Waals surface area contributed by atoms with Gasteiger partial charge in [-0.2, -0.15) is 0 Å². The van der Waals surface area contributed by atoms with Crippen LogP contribution in [0.1, 0.15) is 30.4 Å². The molecule has 1 aliphatic heterocycles. The number of anilines is 3. The Balaban J connectivity index is 1.23. The molecule has 5 N–H and O–H groups in total. The van der Waals surface area contributed by atoms with Crippen LogP contribution in [0.3, 0.4) is 0 Å². The van der Waals surface area contributed by atoms with Gasteiger partial charge in [0.1, 0.15) is 0 Å². The molecule has 1 saturated heterocycles. The van der Waals surface area contributed by atoms with E-state index in [0.717, 1.165) is 27.4 Å². The second-order valence-corrected chi connectivity index (χ2v) is 12.2. The number of allylic oxidation sites excluding steroid dienone is 1. The number of carbonyl (C=O) groups excluding carboxylic acids is 2. The van der Waals surface area contributed by atoms with Crippen molar-refractivity contribution < 1.29 is 34.4 Å². The number of imide groups is 1. The number of rotatable bonds is 11. The number of hydrogen-bond acceptors (Lipinski definition) is 7. The number of amides is 2. The average Bonchev–Trinajstić information content (AvgIpc) is 3.36. The van der Waals surface area contributed by atoms with Crippen LogP contribution >= 0.6 is 0 Å². The lowest BCUT2D eigenvalue weighted by Gasteiger charge is -2.36. The zero-order valence-corrected chi connectivity index (χ0v) is 26.2. The van der Waals surface area contributed by atoms with Crippen LogP contribution in [0.4, 0.5) is 21.5 Å². The summed E-state index contributed by atoms with van der Waals surface area (Å²) in [5.41, 5.74) is 5.09. The number of halogens is 1. The fourth-order valence-electron chi connectivity index (χ4n) is 6.96. The number of fused-ring (bicyclic) bond motifs is 1. The SMILES string of the molecule is O=C1[C@@H]2[C@@H](CC(CO)=C([C@H](O)CC/C(=C/c3ccc(O)c(F)c3)c3ccccc3)[C@@H]2CO)C(=O)N1c1ccc(Nc2ccccc2)cc1. The summed E-state index contributed by atoms with van der Waals surface area (Å²) in [4.78, 5) is 28.8. The third-order valence-electron chi connectivity index (χ3n) is 9.26. The van der Waals surface area contributed by atoms with E-state index in [9.17, 15) is 34.4 Å². The number of nitrogens with one attached hydrogen (secondary N) is 1. The molecule has 4 aromatic rings. The van der Waals surface area contributed by atoms with Crippen LogP contribution < -0.4 is 10.2 Å². The molecule has 1 aliphatic carbocycles. The average molecular weight is 649 g/mol. The van der Waals surface area contributed by atoms with Gasteiger partial charge in [-0.25, -0.2) is 4.39 Å². The molecule has 0 aromatic heterocycles. The van der Waals surface area contributed by atoms with Crippen molar-refractivity contribution in [3.63, 3.8) is 0 Å². The van der Waals surface area contributed by atoms with Gasteiger partial charge in [0.05, 0.1) is 36.8 Å². The molecule has 0 radical (unpaired) electrons. The third-order valence-corrected chi connectivity index (χ3v) is 9.26. The summed E-state index contributed by atoms with van der Waals surface area (Å²) in [6, 6.07) is 30.1. The lowest BCUT2D eigenvalue weighted by molar-refractivity contribution is -0.123. The van der Waals surface area contributed by atoms with E-state index in [1.807, 2.05) is 60.7 Å². The second kappa shape index (κ2) is 14.4. The van der Waals surface area contributed by atoms with Crippen LogP contribution in [0, 0.1) is 23.6 Å². The fourth-order valence-corrected chi connectivity index (χ4v) is 6.96. The number of para-hydroxylation sites is 1. The predicted octanol–water partition coefficient (Wildman–Crippen LogP) is 6.06. The number of aliphatic hydroxyl groups excluding tert-OH is 3. The number of nitrogens with zero attached hydrogens (tertiary/aromatic N) is 1. The molecule has 4 atom stereocenters. The first-order valence-corrected chi connectivity index (χ1v) is 15.9. The zero-order chi connectivity index (χ0) is 33.8. The largest absolute Gasteiger partial charge is 0.505 e. The van der Waals surface area contributed by atoms with Crippen molar-refractivity contribution in [2.24, 2.45) is 17.8 Å². The van der Waals surface area contributed by atoms with E-state index in [1.165, 1.54) is 12.1 Å². The Morgan fingerprint density at radius 1 is 0.896 bits per heavy atom. The maximum absolute atomic E-state index is 14.1. The van der Waals surface area contributed by atoms with Gasteiger partial charge in [-0.3, -0.25) is 14.5 Å². The number of aliphatic hydroxyl groups is 3. The molecule has 4 aromatic carbocycles. The second-order valence-electron chi connectivity index (χ2n) is 12.2. The smallest absolute Gasteiger partial charge is 0.238 e. The number of benzene rings is 4. The highest BCUT2D eigenvalue weighted by atomic mass is 19.1. The lowest BCUT2D eigenvalue weighted by Crippen LogP contribution is -2.39. The first kappa shape index (κ1) is 32.8. The molecule has 1 fully saturated rings. The predicted molar refractivity (Wildman–Crippen MR) is 183 cm³/mol. The van der Waals surface area contributed by atoms with E-state index in [1.54, 1.807) is 36.4 Å². The molecule has 8 nitrogen and oxygen atoms in total. The lowest BCUT2D eigenvalue weighted by atomic mass is 9.68. The van der Waals surface area contributed by atoms with E-state index in [-0.39, 0.29) is 12.8 Å². The Labute approximate surface area is 278 Å². The van der Waals surface area contributed by atoms with Gasteiger partial charge >= 0.3 is 0 Å². The van der Waals surface area contributed by atoms with Gasteiger partial charge in [0.25, 0.3) is 0 Å². The Hall–Kier alpha value is -5.09. The van der Waals surface area contributed by atoms with Crippen LogP contribution in [-0.4, -0.2) is 51.6 Å². The fraction of sp³-hybridized carbons (Fsp3) is 0.231. The maximum Gasteiger partial charge on any atom is 0.238 e. The first-order valence-electron chi connectivity index (χ1n) is 15.9. The Morgan fingerprint density at radius 2 is 1.56 bits per heavy atom. The Bertz CT molecular complexity index is 1840. The monoisotopic (exact) mass is 648 g/mol. The normalized spacial score (nSPS) is 20.2. The van der Waals surface area contributed by atoms with E-state index in [4.69, 9.17) is 0 Å². The first-order chi connectivity index (χ1) is 23.3. The van der Waals surface area contributed by atoms with Crippen molar-refractivity contribution in [2.45, 2.75) is 25.4 Å². The summed E-state index contributed by atoms with van der Waals surface area (Å²) < 4.78 is 14.1. The highest BCUT2D eigenvalue weighted by molar-refractivity contribution is 6.22. The standard InChI is InChI=1S/C39H37FN2O6/c40-33-20-24(11-17-34(33)45)19-26(25-7-3-1-4-8-25)12-18-35(46)36-27(22-43)21-31-37(32(36)23-44)39(48)42(38(31)47)30-15-13-29(14-16-30)41-28-9-5-2-6-10-28/h1-11,13-17,19-20,31-32,35,37,41,43-46H,12,18,21-23H2/b26-19-/t31-,32+,35-,37-/m1/s1. The number of hydrogen-bond donors (Lipinski definition) is 5. The molecule has 6 rings (SSSR count). The Kier molecular flexibility index (Phi) is 9.82. The topological polar surface area (TPSA) is 130 Å². The van der Waals surface area contributed by atoms with Crippen molar-refractivity contribution >= 4 is 40.5 Å². The van der Waals surface area contributed by atoms with Crippen LogP contribution in [0.5, 0.6) is 5.75 Å². The highest BCUT2D eigenvalue weighted by Crippen LogP contribution is 2.47. The molecular weight excluding hydrogens is 611 g/mol. The third kappa shape index (κ3) is 6.66. The number of aromatic hydroxyl groups is 1. The maximum atomic E-state index is 14.1. The molecule has 0 spiro atoms. The Morgan fingerprint density at radius 3 is 2.21 bits per heavy atom. The summed E-state index contributed by atoms with van der Waals surface area (Å²) in [7, 11) is 0. The molecule has 9 heteroatoms. The minimum atomic E-state index is -1.13. The summed E-state index contributed by atoms with van der Waals surface area (Å²) in [5.74, 6) is -4.59. The van der Waals surface area contributed by atoms with Gasteiger partial charge in [-0.1, -0.05) is 60.7 Å². The van der Waals surface area contributed by atoms with E-state index in [0.29, 0.717) is 28.8 Å². The molecule has 2 amide bonds. The van der Waals surface area contributed by atoms with E-state index < -0.39 is 60.5 Å². The molecule has 0 unspecified atom stereocenters. The quantitative estimate of drug-likeness (QED) is 0.0759. The van der Waals surface area contributed by atoms with Crippen LogP contribution in [-0.2, 0) is 9.59 Å². The van der Waals surface area contributed by atoms with Gasteiger partial charge in [0, 0.05) is 17.3 Å². The van der Waals surface area contributed by atoms with Crippen LogP contribution in [0.2, 0.25) is 0 Å². The summed E-state index contributed by atoms with van der Waals surface area (Å²) in [6.45, 7) is -0.917. The zero-order valence-electron chi connectivity index (χ0n) is 26.2. The van der Waals surface area contributed by atoms with Crippen molar-refractivity contribution in [3.8, 4) is 5.75 Å². The molecule has 246 valence electrons. The van der Waals surface area contributed by atoms with Crippen molar-refractivity contribution in [3.05, 3.63) is 131 Å². The number of phenols is 1. The molecule has 0 saturated carbocycles. The summed E-state index contributed by atoms with van der Waals surface area (Å²) in [6.07, 6.45) is 1.26. The summed E-state index contributed by atoms with van der Waals surface area (Å²) >= 11 is 0. The minimum Gasteiger partial charge on any atom is -0.505 e.